The number of hydrogen-bond donors (Lipinski definition) is 0. The van der Waals surface area contributed by atoms with Crippen LogP contribution in [0, 0.1) is 0 Å². The summed E-state index contributed by atoms with van der Waals surface area (Å²) in [7, 11) is 0. The summed E-state index contributed by atoms with van der Waals surface area (Å²) < 4.78 is 3.13. The maximum atomic E-state index is 13.8. The van der Waals surface area contributed by atoms with Gasteiger partial charge in [-0.05, 0) is 50.8 Å². The molecule has 0 saturated carbocycles. The van der Waals surface area contributed by atoms with Crippen molar-refractivity contribution in [1.82, 2.24) is 24.6 Å². The standard InChI is InChI=1S/C25H29N5OS/c1-15(2)21-12-18(19-13-26-30(16(3)4)23(19)27-21)25(31)29-11-7-8-17(14-29)24-28-20-9-5-6-10-22(20)32-24/h5-6,9-10,12-13,15-17H,7-8,11,14H2,1-4H3. The second-order valence-electron chi connectivity index (χ2n) is 9.28. The normalized spacial score (nSPS) is 17.2. The van der Waals surface area contributed by atoms with Crippen LogP contribution in [0.1, 0.15) is 79.5 Å². The Balaban J connectivity index is 1.49. The molecule has 1 aliphatic rings. The van der Waals surface area contributed by atoms with Gasteiger partial charge >= 0.3 is 0 Å². The third-order valence-corrected chi connectivity index (χ3v) is 7.46. The molecule has 1 amide bonds. The summed E-state index contributed by atoms with van der Waals surface area (Å²) in [6.07, 6.45) is 3.86. The molecule has 5 rings (SSSR count). The highest BCUT2D eigenvalue weighted by molar-refractivity contribution is 7.18. The van der Waals surface area contributed by atoms with Crippen molar-refractivity contribution in [3.63, 3.8) is 0 Å². The van der Waals surface area contributed by atoms with Crippen LogP contribution in [0.3, 0.4) is 0 Å². The van der Waals surface area contributed by atoms with E-state index in [0.717, 1.165) is 52.2 Å². The first-order valence-electron chi connectivity index (χ1n) is 11.4. The van der Waals surface area contributed by atoms with Gasteiger partial charge in [0.1, 0.15) is 0 Å². The number of carbonyl (C=O) groups excluding carboxylic acids is 1. The molecule has 3 aromatic heterocycles. The van der Waals surface area contributed by atoms with Crippen LogP contribution in [0.2, 0.25) is 0 Å². The minimum absolute atomic E-state index is 0.0772. The molecule has 1 unspecified atom stereocenters. The molecule has 0 aliphatic carbocycles. The number of hydrogen-bond acceptors (Lipinski definition) is 5. The summed E-state index contributed by atoms with van der Waals surface area (Å²) in [5, 5.41) is 6.53. The average molecular weight is 448 g/mol. The van der Waals surface area contributed by atoms with E-state index in [-0.39, 0.29) is 23.8 Å². The molecule has 1 fully saturated rings. The van der Waals surface area contributed by atoms with Crippen LogP contribution >= 0.6 is 11.3 Å². The number of benzene rings is 1. The number of thiazole rings is 1. The number of piperidine rings is 1. The van der Waals surface area contributed by atoms with Crippen molar-refractivity contribution in [3.8, 4) is 0 Å². The molecule has 0 bridgehead atoms. The number of nitrogens with zero attached hydrogens (tertiary/aromatic N) is 5. The molecule has 0 N–H and O–H groups in total. The van der Waals surface area contributed by atoms with E-state index in [9.17, 15) is 4.79 Å². The zero-order valence-corrected chi connectivity index (χ0v) is 19.9. The Hall–Kier alpha value is -2.80. The highest BCUT2D eigenvalue weighted by atomic mass is 32.1. The fraction of sp³-hybridized carbons (Fsp3) is 0.440. The summed E-state index contributed by atoms with van der Waals surface area (Å²) in [6.45, 7) is 9.89. The van der Waals surface area contributed by atoms with Gasteiger partial charge in [0, 0.05) is 30.7 Å². The predicted molar refractivity (Wildman–Crippen MR) is 130 cm³/mol. The van der Waals surface area contributed by atoms with Crippen LogP contribution in [0.15, 0.2) is 36.5 Å². The van der Waals surface area contributed by atoms with Crippen LogP contribution in [0.25, 0.3) is 21.3 Å². The molecule has 4 aromatic rings. The molecular weight excluding hydrogens is 418 g/mol. The minimum Gasteiger partial charge on any atom is -0.338 e. The SMILES string of the molecule is CC(C)c1cc(C(=O)N2CCCC(c3nc4ccccc4s3)C2)c2cnn(C(C)C)c2n1. The van der Waals surface area contributed by atoms with Gasteiger partial charge in [-0.1, -0.05) is 26.0 Å². The van der Waals surface area contributed by atoms with Crippen molar-refractivity contribution in [2.45, 2.75) is 58.4 Å². The van der Waals surface area contributed by atoms with Crippen molar-refractivity contribution < 1.29 is 4.79 Å². The summed E-state index contributed by atoms with van der Waals surface area (Å²) in [5.41, 5.74) is 3.50. The molecule has 0 radical (unpaired) electrons. The first-order chi connectivity index (χ1) is 15.4. The van der Waals surface area contributed by atoms with Crippen molar-refractivity contribution in [2.24, 2.45) is 0 Å². The Bertz CT molecular complexity index is 1260. The molecule has 0 spiro atoms. The highest BCUT2D eigenvalue weighted by Crippen LogP contribution is 2.34. The smallest absolute Gasteiger partial charge is 0.254 e. The summed E-state index contributed by atoms with van der Waals surface area (Å²) >= 11 is 1.76. The molecule has 7 heteroatoms. The van der Waals surface area contributed by atoms with Crippen LogP contribution < -0.4 is 0 Å². The number of carbonyl (C=O) groups is 1. The van der Waals surface area contributed by atoms with Crippen LogP contribution in [-0.2, 0) is 0 Å². The third kappa shape index (κ3) is 3.68. The van der Waals surface area contributed by atoms with Gasteiger partial charge in [-0.25, -0.2) is 14.6 Å². The highest BCUT2D eigenvalue weighted by Gasteiger charge is 2.29. The molecule has 1 aliphatic heterocycles. The largest absolute Gasteiger partial charge is 0.338 e. The molecule has 32 heavy (non-hydrogen) atoms. The molecule has 1 aromatic carbocycles. The van der Waals surface area contributed by atoms with Gasteiger partial charge in [0.25, 0.3) is 5.91 Å². The van der Waals surface area contributed by atoms with E-state index in [1.807, 2.05) is 21.7 Å². The fourth-order valence-electron chi connectivity index (χ4n) is 4.49. The average Bonchev–Trinajstić information content (AvgIpc) is 3.42. The first kappa shape index (κ1) is 21.1. The Kier molecular flexibility index (Phi) is 5.45. The van der Waals surface area contributed by atoms with Crippen molar-refractivity contribution in [1.29, 1.82) is 0 Å². The van der Waals surface area contributed by atoms with E-state index in [1.165, 1.54) is 4.70 Å². The Morgan fingerprint density at radius 2 is 1.97 bits per heavy atom. The lowest BCUT2D eigenvalue weighted by atomic mass is 9.97. The lowest BCUT2D eigenvalue weighted by Crippen LogP contribution is -2.39. The number of fused-ring (bicyclic) bond motifs is 2. The van der Waals surface area contributed by atoms with E-state index < -0.39 is 0 Å². The topological polar surface area (TPSA) is 63.9 Å². The summed E-state index contributed by atoms with van der Waals surface area (Å²) in [6, 6.07) is 10.4. The number of likely N-dealkylation sites (tertiary alicyclic amines) is 1. The van der Waals surface area contributed by atoms with Gasteiger partial charge in [0.2, 0.25) is 0 Å². The van der Waals surface area contributed by atoms with Gasteiger partial charge in [0.15, 0.2) is 5.65 Å². The maximum absolute atomic E-state index is 13.8. The minimum atomic E-state index is 0.0772. The Labute approximate surface area is 192 Å². The number of para-hydroxylation sites is 1. The second-order valence-corrected chi connectivity index (χ2v) is 10.3. The number of amides is 1. The third-order valence-electron chi connectivity index (χ3n) is 6.27. The van der Waals surface area contributed by atoms with Crippen LogP contribution in [0.5, 0.6) is 0 Å². The lowest BCUT2D eigenvalue weighted by molar-refractivity contribution is 0.0709. The van der Waals surface area contributed by atoms with Crippen LogP contribution in [-0.4, -0.2) is 43.6 Å². The van der Waals surface area contributed by atoms with E-state index in [4.69, 9.17) is 9.97 Å². The lowest BCUT2D eigenvalue weighted by Gasteiger charge is -2.32. The predicted octanol–water partition coefficient (Wildman–Crippen LogP) is 5.77. The fourth-order valence-corrected chi connectivity index (χ4v) is 5.58. The van der Waals surface area contributed by atoms with Crippen LogP contribution in [0.4, 0.5) is 0 Å². The molecular formula is C25H29N5OS. The van der Waals surface area contributed by atoms with E-state index in [0.29, 0.717) is 6.54 Å². The first-order valence-corrected chi connectivity index (χ1v) is 12.3. The van der Waals surface area contributed by atoms with E-state index in [2.05, 4.69) is 51.0 Å². The number of rotatable bonds is 4. The van der Waals surface area contributed by atoms with Crippen molar-refractivity contribution >= 4 is 38.5 Å². The summed E-state index contributed by atoms with van der Waals surface area (Å²) in [4.78, 5) is 25.5. The maximum Gasteiger partial charge on any atom is 0.254 e. The second kappa shape index (κ2) is 8.28. The molecule has 1 atom stereocenters. The Morgan fingerprint density at radius 1 is 1.16 bits per heavy atom. The van der Waals surface area contributed by atoms with Crippen molar-refractivity contribution in [2.75, 3.05) is 13.1 Å². The van der Waals surface area contributed by atoms with E-state index >= 15 is 0 Å². The molecule has 6 nitrogen and oxygen atoms in total. The molecule has 166 valence electrons. The van der Waals surface area contributed by atoms with E-state index in [1.54, 1.807) is 17.5 Å². The molecule has 1 saturated heterocycles. The zero-order chi connectivity index (χ0) is 22.4. The quantitative estimate of drug-likeness (QED) is 0.399. The molecule has 4 heterocycles. The number of aromatic nitrogens is 4. The van der Waals surface area contributed by atoms with Gasteiger partial charge in [-0.3, -0.25) is 4.79 Å². The monoisotopic (exact) mass is 447 g/mol. The summed E-state index contributed by atoms with van der Waals surface area (Å²) in [5.74, 6) is 0.595. The Morgan fingerprint density at radius 3 is 2.72 bits per heavy atom. The van der Waals surface area contributed by atoms with Gasteiger partial charge < -0.3 is 4.90 Å². The van der Waals surface area contributed by atoms with Crippen molar-refractivity contribution in [3.05, 3.63) is 52.8 Å². The van der Waals surface area contributed by atoms with Gasteiger partial charge in [-0.2, -0.15) is 5.10 Å². The van der Waals surface area contributed by atoms with Gasteiger partial charge in [0.05, 0.1) is 32.4 Å². The zero-order valence-electron chi connectivity index (χ0n) is 19.1. The number of pyridine rings is 1. The van der Waals surface area contributed by atoms with Gasteiger partial charge in [-0.15, -0.1) is 11.3 Å².